The summed E-state index contributed by atoms with van der Waals surface area (Å²) in [4.78, 5) is 30.9. The molecular weight excluding hydrogens is 378 g/mol. The molecule has 0 bridgehead atoms. The molecule has 7 nitrogen and oxygen atoms in total. The minimum Gasteiger partial charge on any atom is -0.342 e. The van der Waals surface area contributed by atoms with Gasteiger partial charge in [0.05, 0.1) is 12.3 Å². The van der Waals surface area contributed by atoms with E-state index >= 15 is 0 Å². The highest BCUT2D eigenvalue weighted by Crippen LogP contribution is 2.13. The third kappa shape index (κ3) is 6.60. The van der Waals surface area contributed by atoms with Gasteiger partial charge in [0.15, 0.2) is 9.84 Å². The molecule has 1 heterocycles. The summed E-state index contributed by atoms with van der Waals surface area (Å²) in [6.45, 7) is 8.37. The molecule has 1 aromatic rings. The zero-order chi connectivity index (χ0) is 20.7. The Morgan fingerprint density at radius 2 is 1.79 bits per heavy atom. The fourth-order valence-electron chi connectivity index (χ4n) is 3.48. The van der Waals surface area contributed by atoms with E-state index in [0.29, 0.717) is 50.4 Å². The highest BCUT2D eigenvalue weighted by atomic mass is 32.2. The maximum Gasteiger partial charge on any atom is 0.253 e. The second-order valence-corrected chi connectivity index (χ2v) is 9.40. The van der Waals surface area contributed by atoms with Crippen LogP contribution in [0, 0.1) is 0 Å². The summed E-state index contributed by atoms with van der Waals surface area (Å²) in [5, 5.41) is 0. The third-order valence-electron chi connectivity index (χ3n) is 4.95. The fourth-order valence-corrected chi connectivity index (χ4v) is 4.26. The van der Waals surface area contributed by atoms with Gasteiger partial charge >= 0.3 is 0 Å². The Bertz CT molecular complexity index is 790. The zero-order valence-electron chi connectivity index (χ0n) is 17.1. The first-order valence-electron chi connectivity index (χ1n) is 9.79. The van der Waals surface area contributed by atoms with Crippen molar-refractivity contribution < 1.29 is 18.0 Å². The first-order valence-corrected chi connectivity index (χ1v) is 11.9. The van der Waals surface area contributed by atoms with Crippen molar-refractivity contribution in [3.63, 3.8) is 0 Å². The van der Waals surface area contributed by atoms with Crippen molar-refractivity contribution >= 4 is 21.7 Å². The van der Waals surface area contributed by atoms with E-state index in [1.54, 1.807) is 29.2 Å². The smallest absolute Gasteiger partial charge is 0.253 e. The lowest BCUT2D eigenvalue weighted by molar-refractivity contribution is -0.132. The Labute approximate surface area is 168 Å². The zero-order valence-corrected chi connectivity index (χ0v) is 17.9. The average molecular weight is 410 g/mol. The minimum absolute atomic E-state index is 0.0740. The Balaban J connectivity index is 1.99. The van der Waals surface area contributed by atoms with Gasteiger partial charge in [0.1, 0.15) is 0 Å². The van der Waals surface area contributed by atoms with Gasteiger partial charge in [0, 0.05) is 51.1 Å². The van der Waals surface area contributed by atoms with Gasteiger partial charge in [-0.25, -0.2) is 8.42 Å². The van der Waals surface area contributed by atoms with Crippen LogP contribution in [0.2, 0.25) is 0 Å². The van der Waals surface area contributed by atoms with E-state index in [4.69, 9.17) is 0 Å². The number of benzene rings is 1. The van der Waals surface area contributed by atoms with Gasteiger partial charge in [-0.3, -0.25) is 14.5 Å². The summed E-state index contributed by atoms with van der Waals surface area (Å²) >= 11 is 0. The second kappa shape index (κ2) is 10.0. The van der Waals surface area contributed by atoms with Crippen LogP contribution in [0.5, 0.6) is 0 Å². The number of likely N-dealkylation sites (N-methyl/N-ethyl adjacent to an activating group) is 1. The summed E-state index contributed by atoms with van der Waals surface area (Å²) in [6, 6.07) is 6.83. The second-order valence-electron chi connectivity index (χ2n) is 7.26. The number of carbonyl (C=O) groups excluding carboxylic acids is 2. The van der Waals surface area contributed by atoms with Gasteiger partial charge < -0.3 is 9.80 Å². The van der Waals surface area contributed by atoms with Crippen molar-refractivity contribution in [1.82, 2.24) is 14.7 Å². The summed E-state index contributed by atoms with van der Waals surface area (Å²) in [5.41, 5.74) is 1.13. The predicted octanol–water partition coefficient (Wildman–Crippen LogP) is 1.25. The van der Waals surface area contributed by atoms with E-state index < -0.39 is 9.84 Å². The average Bonchev–Trinajstić information content (AvgIpc) is 2.86. The summed E-state index contributed by atoms with van der Waals surface area (Å²) < 4.78 is 23.0. The quantitative estimate of drug-likeness (QED) is 0.677. The molecule has 0 spiro atoms. The van der Waals surface area contributed by atoms with Gasteiger partial charge in [0.2, 0.25) is 5.91 Å². The molecule has 2 rings (SSSR count). The summed E-state index contributed by atoms with van der Waals surface area (Å²) in [6.07, 6.45) is 1.99. The molecule has 8 heteroatoms. The van der Waals surface area contributed by atoms with Gasteiger partial charge in [-0.15, -0.1) is 0 Å². The van der Waals surface area contributed by atoms with Crippen molar-refractivity contribution in [2.45, 2.75) is 26.0 Å². The highest BCUT2D eigenvalue weighted by molar-refractivity contribution is 7.89. The van der Waals surface area contributed by atoms with Crippen LogP contribution >= 0.6 is 0 Å². The molecule has 156 valence electrons. The number of nitrogens with zero attached hydrogens (tertiary/aromatic N) is 3. The molecule has 1 aliphatic heterocycles. The van der Waals surface area contributed by atoms with Crippen LogP contribution in [0.1, 0.15) is 36.2 Å². The molecule has 0 aromatic heterocycles. The van der Waals surface area contributed by atoms with Gasteiger partial charge in [0.25, 0.3) is 5.91 Å². The lowest BCUT2D eigenvalue weighted by Crippen LogP contribution is -2.42. The molecule has 0 atom stereocenters. The Morgan fingerprint density at radius 3 is 2.43 bits per heavy atom. The standard InChI is InChI=1S/C20H31N3O4S/c1-4-22(5-2)19(24)15-21-10-7-11-23(13-12-21)20(25)18-9-6-8-17(14-18)16-28(3,26)27/h6,8-9,14H,4-5,7,10-13,15-16H2,1-3H3. The van der Waals surface area contributed by atoms with Gasteiger partial charge in [-0.1, -0.05) is 12.1 Å². The van der Waals surface area contributed by atoms with Gasteiger partial charge in [-0.2, -0.15) is 0 Å². The largest absolute Gasteiger partial charge is 0.342 e. The lowest BCUT2D eigenvalue weighted by atomic mass is 10.1. The molecule has 0 N–H and O–H groups in total. The molecule has 0 saturated carbocycles. The number of rotatable bonds is 7. The molecule has 28 heavy (non-hydrogen) atoms. The number of hydrogen-bond donors (Lipinski definition) is 0. The van der Waals surface area contributed by atoms with E-state index in [-0.39, 0.29) is 17.6 Å². The molecule has 1 fully saturated rings. The Hall–Kier alpha value is -1.93. The third-order valence-corrected chi connectivity index (χ3v) is 5.81. The molecule has 0 aliphatic carbocycles. The predicted molar refractivity (Wildman–Crippen MR) is 110 cm³/mol. The normalized spacial score (nSPS) is 15.9. The maximum absolute atomic E-state index is 12.9. The van der Waals surface area contributed by atoms with Crippen LogP contribution in [0.25, 0.3) is 0 Å². The first-order chi connectivity index (χ1) is 13.2. The fraction of sp³-hybridized carbons (Fsp3) is 0.600. The van der Waals surface area contributed by atoms with Crippen LogP contribution in [0.4, 0.5) is 0 Å². The summed E-state index contributed by atoms with van der Waals surface area (Å²) in [7, 11) is -3.15. The molecule has 1 aromatic carbocycles. The first kappa shape index (κ1) is 22.4. The Kier molecular flexibility index (Phi) is 8.00. The summed E-state index contributed by atoms with van der Waals surface area (Å²) in [5.74, 6) is -0.0411. The molecule has 0 unspecified atom stereocenters. The topological polar surface area (TPSA) is 78.0 Å². The van der Waals surface area contributed by atoms with E-state index in [9.17, 15) is 18.0 Å². The molecule has 0 radical (unpaired) electrons. The van der Waals surface area contributed by atoms with Crippen LogP contribution < -0.4 is 0 Å². The van der Waals surface area contributed by atoms with Crippen molar-refractivity contribution in [1.29, 1.82) is 0 Å². The van der Waals surface area contributed by atoms with E-state index in [1.165, 1.54) is 6.26 Å². The Morgan fingerprint density at radius 1 is 1.07 bits per heavy atom. The number of sulfone groups is 1. The van der Waals surface area contributed by atoms with Crippen molar-refractivity contribution in [3.05, 3.63) is 35.4 Å². The highest BCUT2D eigenvalue weighted by Gasteiger charge is 2.22. The molecular formula is C20H31N3O4S. The van der Waals surface area contributed by atoms with E-state index in [0.717, 1.165) is 13.0 Å². The van der Waals surface area contributed by atoms with E-state index in [1.807, 2.05) is 18.7 Å². The van der Waals surface area contributed by atoms with E-state index in [2.05, 4.69) is 4.90 Å². The number of carbonyl (C=O) groups is 2. The molecule has 2 amide bonds. The van der Waals surface area contributed by atoms with Crippen molar-refractivity contribution in [2.75, 3.05) is 52.1 Å². The molecule has 1 aliphatic rings. The van der Waals surface area contributed by atoms with Crippen LogP contribution in [-0.4, -0.2) is 87.0 Å². The number of hydrogen-bond acceptors (Lipinski definition) is 5. The van der Waals surface area contributed by atoms with Gasteiger partial charge in [-0.05, 0) is 38.0 Å². The minimum atomic E-state index is -3.15. The molecule has 1 saturated heterocycles. The monoisotopic (exact) mass is 409 g/mol. The SMILES string of the molecule is CCN(CC)C(=O)CN1CCCN(C(=O)c2cccc(CS(C)(=O)=O)c2)CC1. The van der Waals surface area contributed by atoms with Crippen LogP contribution in [-0.2, 0) is 20.4 Å². The van der Waals surface area contributed by atoms with Crippen LogP contribution in [0.15, 0.2) is 24.3 Å². The number of amides is 2. The van der Waals surface area contributed by atoms with Crippen LogP contribution in [0.3, 0.4) is 0 Å². The van der Waals surface area contributed by atoms with Crippen molar-refractivity contribution in [2.24, 2.45) is 0 Å². The maximum atomic E-state index is 12.9. The van der Waals surface area contributed by atoms with Crippen molar-refractivity contribution in [3.8, 4) is 0 Å². The lowest BCUT2D eigenvalue weighted by Gasteiger charge is -2.25.